The van der Waals surface area contributed by atoms with Crippen LogP contribution in [-0.4, -0.2) is 18.7 Å². The third kappa shape index (κ3) is 1.22. The van der Waals surface area contributed by atoms with Crippen LogP contribution < -0.4 is 0 Å². The second-order valence-electron chi connectivity index (χ2n) is 5.17. The average molecular weight is 208 g/mol. The van der Waals surface area contributed by atoms with E-state index >= 15 is 0 Å². The fraction of sp³-hybridized carbons (Fsp3) is 0.750. The van der Waals surface area contributed by atoms with Gasteiger partial charge in [-0.2, -0.15) is 0 Å². The molecule has 3 rings (SSSR count). The van der Waals surface area contributed by atoms with Crippen LogP contribution in [0.3, 0.4) is 0 Å². The molecule has 1 aliphatic heterocycles. The van der Waals surface area contributed by atoms with Gasteiger partial charge < -0.3 is 9.47 Å². The zero-order valence-corrected chi connectivity index (χ0v) is 8.78. The quantitative estimate of drug-likeness (QED) is 0.513. The molecule has 2 bridgehead atoms. The first kappa shape index (κ1) is 9.25. The molecule has 2 saturated carbocycles. The highest BCUT2D eigenvalue weighted by atomic mass is 16.5. The Morgan fingerprint density at radius 1 is 1.53 bits per heavy atom. The van der Waals surface area contributed by atoms with Gasteiger partial charge in [-0.3, -0.25) is 4.79 Å². The van der Waals surface area contributed by atoms with Crippen molar-refractivity contribution >= 4 is 5.97 Å². The number of carbonyl (C=O) groups is 1. The normalized spacial score (nSPS) is 47.2. The van der Waals surface area contributed by atoms with Gasteiger partial charge in [0.1, 0.15) is 6.10 Å². The van der Waals surface area contributed by atoms with E-state index in [1.807, 2.05) is 0 Å². The number of fused-ring (bicyclic) bond motifs is 3. The molecule has 0 amide bonds. The van der Waals surface area contributed by atoms with Crippen LogP contribution in [0.4, 0.5) is 0 Å². The summed E-state index contributed by atoms with van der Waals surface area (Å²) in [6.07, 6.45) is 5.90. The molecule has 0 aromatic rings. The Kier molecular flexibility index (Phi) is 1.85. The number of hydrogen-bond donors (Lipinski definition) is 0. The predicted octanol–water partition coefficient (Wildman–Crippen LogP) is 1.88. The van der Waals surface area contributed by atoms with Crippen LogP contribution in [0.1, 0.15) is 25.7 Å². The van der Waals surface area contributed by atoms with Crippen LogP contribution in [0.15, 0.2) is 12.8 Å². The summed E-state index contributed by atoms with van der Waals surface area (Å²) < 4.78 is 10.6. The van der Waals surface area contributed by atoms with Gasteiger partial charge in [-0.15, -0.1) is 0 Å². The maximum absolute atomic E-state index is 11.2. The van der Waals surface area contributed by atoms with Crippen molar-refractivity contribution < 1.29 is 14.3 Å². The topological polar surface area (TPSA) is 35.5 Å². The van der Waals surface area contributed by atoms with E-state index < -0.39 is 0 Å². The van der Waals surface area contributed by atoms with Crippen molar-refractivity contribution in [3.63, 3.8) is 0 Å². The van der Waals surface area contributed by atoms with Crippen molar-refractivity contribution in [1.82, 2.24) is 0 Å². The highest BCUT2D eigenvalue weighted by molar-refractivity contribution is 5.72. The summed E-state index contributed by atoms with van der Waals surface area (Å²) in [5.41, 5.74) is 0.169. The third-order valence-electron chi connectivity index (χ3n) is 4.45. The fourth-order valence-corrected chi connectivity index (χ4v) is 3.79. The molecule has 0 aromatic carbocycles. The van der Waals surface area contributed by atoms with Gasteiger partial charge in [0.05, 0.1) is 19.3 Å². The Hall–Kier alpha value is -0.990. The lowest BCUT2D eigenvalue weighted by Crippen LogP contribution is -2.33. The monoisotopic (exact) mass is 208 g/mol. The Morgan fingerprint density at radius 2 is 2.40 bits per heavy atom. The molecule has 3 heteroatoms. The molecule has 3 nitrogen and oxygen atoms in total. The molecule has 1 spiro atoms. The Balaban J connectivity index is 1.74. The van der Waals surface area contributed by atoms with Crippen molar-refractivity contribution in [2.24, 2.45) is 17.3 Å². The smallest absolute Gasteiger partial charge is 0.306 e. The van der Waals surface area contributed by atoms with Gasteiger partial charge in [-0.05, 0) is 31.1 Å². The second kappa shape index (κ2) is 3.00. The summed E-state index contributed by atoms with van der Waals surface area (Å²) in [4.78, 5) is 11.2. The maximum atomic E-state index is 11.2. The van der Waals surface area contributed by atoms with Crippen molar-refractivity contribution in [2.75, 3.05) is 6.61 Å². The van der Waals surface area contributed by atoms with E-state index in [1.165, 1.54) is 6.42 Å². The number of cyclic esters (lactones) is 1. The minimum atomic E-state index is -0.0104. The van der Waals surface area contributed by atoms with Gasteiger partial charge in [0.2, 0.25) is 0 Å². The number of carbonyl (C=O) groups excluding carboxylic acids is 1. The molecule has 0 radical (unpaired) electrons. The van der Waals surface area contributed by atoms with Crippen molar-refractivity contribution in [1.29, 1.82) is 0 Å². The molecule has 1 heterocycles. The number of esters is 1. The molecule has 3 aliphatic rings. The lowest BCUT2D eigenvalue weighted by Gasteiger charge is -2.33. The molecule has 4 atom stereocenters. The first-order valence-electron chi connectivity index (χ1n) is 5.65. The first-order chi connectivity index (χ1) is 7.23. The second-order valence-corrected chi connectivity index (χ2v) is 5.17. The minimum Gasteiger partial charge on any atom is -0.498 e. The molecule has 2 aliphatic carbocycles. The molecule has 3 fully saturated rings. The highest BCUT2D eigenvalue weighted by Crippen LogP contribution is 2.60. The van der Waals surface area contributed by atoms with Gasteiger partial charge in [0.25, 0.3) is 0 Å². The van der Waals surface area contributed by atoms with Gasteiger partial charge in [0, 0.05) is 5.41 Å². The van der Waals surface area contributed by atoms with Gasteiger partial charge >= 0.3 is 5.97 Å². The van der Waals surface area contributed by atoms with Gasteiger partial charge in [-0.1, -0.05) is 6.58 Å². The van der Waals surface area contributed by atoms with Crippen LogP contribution in [0.5, 0.6) is 0 Å². The predicted molar refractivity (Wildman–Crippen MR) is 53.9 cm³/mol. The Morgan fingerprint density at radius 3 is 2.93 bits per heavy atom. The van der Waals surface area contributed by atoms with Crippen LogP contribution >= 0.6 is 0 Å². The Labute approximate surface area is 89.4 Å². The molecule has 0 N–H and O–H groups in total. The molecule has 4 unspecified atom stereocenters. The van der Waals surface area contributed by atoms with E-state index in [-0.39, 0.29) is 11.4 Å². The number of rotatable bonds is 2. The summed E-state index contributed by atoms with van der Waals surface area (Å²) in [6.45, 7) is 4.25. The number of hydrogen-bond acceptors (Lipinski definition) is 3. The SMILES string of the molecule is C=COC1CC2CC1CC21COC(=O)C1. The summed E-state index contributed by atoms with van der Waals surface area (Å²) >= 11 is 0. The van der Waals surface area contributed by atoms with E-state index in [0.717, 1.165) is 12.8 Å². The van der Waals surface area contributed by atoms with E-state index in [4.69, 9.17) is 9.47 Å². The Bertz CT molecular complexity index is 312. The van der Waals surface area contributed by atoms with Crippen LogP contribution in [0.2, 0.25) is 0 Å². The summed E-state index contributed by atoms with van der Waals surface area (Å²) in [6, 6.07) is 0. The zero-order valence-electron chi connectivity index (χ0n) is 8.78. The average Bonchev–Trinajstić information content (AvgIpc) is 2.83. The molecular weight excluding hydrogens is 192 g/mol. The standard InChI is InChI=1S/C12H16O3/c1-2-14-10-4-9-3-8(10)5-12(9)6-11(13)15-7-12/h2,8-10H,1,3-7H2. The molecular formula is C12H16O3. The van der Waals surface area contributed by atoms with E-state index in [2.05, 4.69) is 6.58 Å². The lowest BCUT2D eigenvalue weighted by atomic mass is 9.72. The van der Waals surface area contributed by atoms with Crippen LogP contribution in [0, 0.1) is 17.3 Å². The minimum absolute atomic E-state index is 0.0104. The molecule has 15 heavy (non-hydrogen) atoms. The van der Waals surface area contributed by atoms with Gasteiger partial charge in [0.15, 0.2) is 0 Å². The van der Waals surface area contributed by atoms with E-state index in [9.17, 15) is 4.79 Å². The van der Waals surface area contributed by atoms with Crippen LogP contribution in [-0.2, 0) is 14.3 Å². The van der Waals surface area contributed by atoms with E-state index in [0.29, 0.717) is 31.0 Å². The first-order valence-corrected chi connectivity index (χ1v) is 5.65. The molecule has 0 aromatic heterocycles. The lowest BCUT2D eigenvalue weighted by molar-refractivity contribution is -0.137. The van der Waals surface area contributed by atoms with Crippen LogP contribution in [0.25, 0.3) is 0 Å². The van der Waals surface area contributed by atoms with Crippen molar-refractivity contribution in [3.05, 3.63) is 12.8 Å². The largest absolute Gasteiger partial charge is 0.498 e. The summed E-state index contributed by atoms with van der Waals surface area (Å²) in [5.74, 6) is 1.23. The van der Waals surface area contributed by atoms with E-state index in [1.54, 1.807) is 6.26 Å². The van der Waals surface area contributed by atoms with Crippen molar-refractivity contribution in [3.8, 4) is 0 Å². The third-order valence-corrected chi connectivity index (χ3v) is 4.45. The fourth-order valence-electron chi connectivity index (χ4n) is 3.79. The number of ether oxygens (including phenoxy) is 2. The van der Waals surface area contributed by atoms with Gasteiger partial charge in [-0.25, -0.2) is 0 Å². The summed E-state index contributed by atoms with van der Waals surface area (Å²) in [7, 11) is 0. The van der Waals surface area contributed by atoms with Crippen molar-refractivity contribution in [2.45, 2.75) is 31.8 Å². The molecule has 1 saturated heterocycles. The summed E-state index contributed by atoms with van der Waals surface area (Å²) in [5, 5.41) is 0. The highest BCUT2D eigenvalue weighted by Gasteiger charge is 2.59. The maximum Gasteiger partial charge on any atom is 0.306 e. The molecule has 82 valence electrons. The zero-order chi connectivity index (χ0) is 10.5.